The lowest BCUT2D eigenvalue weighted by Crippen LogP contribution is -2.44. The molecule has 0 saturated heterocycles. The van der Waals surface area contributed by atoms with Crippen LogP contribution in [0.2, 0.25) is 0 Å². The molecule has 116 valence electrons. The number of carbonyl (C=O) groups is 2. The molecule has 0 radical (unpaired) electrons. The summed E-state index contributed by atoms with van der Waals surface area (Å²) < 4.78 is 5.65. The first-order chi connectivity index (χ1) is 9.81. The van der Waals surface area contributed by atoms with Crippen molar-refractivity contribution >= 4 is 11.9 Å². The van der Waals surface area contributed by atoms with Gasteiger partial charge < -0.3 is 15.2 Å². The molecule has 0 aromatic heterocycles. The summed E-state index contributed by atoms with van der Waals surface area (Å²) in [6.07, 6.45) is 0.107. The summed E-state index contributed by atoms with van der Waals surface area (Å²) >= 11 is 0. The standard InChI is InChI=1S/C16H23NO4/c1-10(2)15(16(19)20)17-14(18)9-12-7-5-6-8-13(12)21-11(3)4/h5-8,10-11,15H,9H2,1-4H3,(H,17,18)(H,19,20). The summed E-state index contributed by atoms with van der Waals surface area (Å²) in [5, 5.41) is 11.6. The van der Waals surface area contributed by atoms with E-state index in [4.69, 9.17) is 9.84 Å². The number of benzene rings is 1. The van der Waals surface area contributed by atoms with Gasteiger partial charge in [-0.05, 0) is 25.8 Å². The number of carboxylic acid groups (broad SMARTS) is 1. The van der Waals surface area contributed by atoms with E-state index in [1.165, 1.54) is 0 Å². The highest BCUT2D eigenvalue weighted by Crippen LogP contribution is 2.20. The molecule has 21 heavy (non-hydrogen) atoms. The molecule has 0 fully saturated rings. The number of aliphatic carboxylic acids is 1. The summed E-state index contributed by atoms with van der Waals surface area (Å²) in [4.78, 5) is 23.1. The quantitative estimate of drug-likeness (QED) is 0.808. The van der Waals surface area contributed by atoms with E-state index in [2.05, 4.69) is 5.32 Å². The van der Waals surface area contributed by atoms with E-state index in [9.17, 15) is 9.59 Å². The fourth-order valence-electron chi connectivity index (χ4n) is 1.93. The van der Waals surface area contributed by atoms with Gasteiger partial charge in [0, 0.05) is 5.56 Å². The molecule has 0 heterocycles. The smallest absolute Gasteiger partial charge is 0.326 e. The lowest BCUT2D eigenvalue weighted by Gasteiger charge is -2.19. The summed E-state index contributed by atoms with van der Waals surface area (Å²) in [7, 11) is 0. The van der Waals surface area contributed by atoms with Crippen molar-refractivity contribution < 1.29 is 19.4 Å². The highest BCUT2D eigenvalue weighted by Gasteiger charge is 2.23. The number of hydrogen-bond acceptors (Lipinski definition) is 3. The van der Waals surface area contributed by atoms with Crippen molar-refractivity contribution in [3.05, 3.63) is 29.8 Å². The van der Waals surface area contributed by atoms with Gasteiger partial charge in [-0.2, -0.15) is 0 Å². The van der Waals surface area contributed by atoms with Gasteiger partial charge in [0.15, 0.2) is 0 Å². The lowest BCUT2D eigenvalue weighted by atomic mass is 10.0. The van der Waals surface area contributed by atoms with Crippen LogP contribution in [0.1, 0.15) is 33.3 Å². The second-order valence-electron chi connectivity index (χ2n) is 5.58. The van der Waals surface area contributed by atoms with Gasteiger partial charge in [0.25, 0.3) is 0 Å². The van der Waals surface area contributed by atoms with Crippen molar-refractivity contribution in [3.8, 4) is 5.75 Å². The van der Waals surface area contributed by atoms with E-state index in [1.807, 2.05) is 32.0 Å². The van der Waals surface area contributed by atoms with E-state index in [0.29, 0.717) is 5.75 Å². The maximum absolute atomic E-state index is 12.0. The number of para-hydroxylation sites is 1. The van der Waals surface area contributed by atoms with Crippen molar-refractivity contribution in [1.29, 1.82) is 0 Å². The molecule has 1 atom stereocenters. The predicted octanol–water partition coefficient (Wildman–Crippen LogP) is 2.24. The average Bonchev–Trinajstić information content (AvgIpc) is 2.37. The molecule has 5 nitrogen and oxygen atoms in total. The topological polar surface area (TPSA) is 75.6 Å². The SMILES string of the molecule is CC(C)Oc1ccccc1CC(=O)NC(C(=O)O)C(C)C. The van der Waals surface area contributed by atoms with Gasteiger partial charge in [-0.1, -0.05) is 32.0 Å². The van der Waals surface area contributed by atoms with Crippen molar-refractivity contribution in [2.24, 2.45) is 5.92 Å². The molecular formula is C16H23NO4. The van der Waals surface area contributed by atoms with E-state index in [0.717, 1.165) is 5.56 Å². The molecule has 1 unspecified atom stereocenters. The van der Waals surface area contributed by atoms with Gasteiger partial charge in [0.05, 0.1) is 12.5 Å². The first-order valence-electron chi connectivity index (χ1n) is 7.08. The van der Waals surface area contributed by atoms with Gasteiger partial charge in [0.2, 0.25) is 5.91 Å². The van der Waals surface area contributed by atoms with Crippen LogP contribution >= 0.6 is 0 Å². The Morgan fingerprint density at radius 2 is 1.81 bits per heavy atom. The first-order valence-corrected chi connectivity index (χ1v) is 7.08. The molecule has 1 aromatic rings. The number of nitrogens with one attached hydrogen (secondary N) is 1. The Morgan fingerprint density at radius 3 is 2.33 bits per heavy atom. The third-order valence-corrected chi connectivity index (χ3v) is 2.94. The largest absolute Gasteiger partial charge is 0.491 e. The maximum atomic E-state index is 12.0. The monoisotopic (exact) mass is 293 g/mol. The highest BCUT2D eigenvalue weighted by molar-refractivity contribution is 5.85. The second-order valence-corrected chi connectivity index (χ2v) is 5.58. The van der Waals surface area contributed by atoms with Crippen LogP contribution in [0.25, 0.3) is 0 Å². The van der Waals surface area contributed by atoms with Crippen LogP contribution in [-0.2, 0) is 16.0 Å². The first kappa shape index (κ1) is 17.0. The Kier molecular flexibility index (Phi) is 6.21. The molecule has 0 spiro atoms. The number of ether oxygens (including phenoxy) is 1. The van der Waals surface area contributed by atoms with Crippen LogP contribution in [0.4, 0.5) is 0 Å². The Labute approximate surface area is 125 Å². The summed E-state index contributed by atoms with van der Waals surface area (Å²) in [6.45, 7) is 7.34. The number of amides is 1. The molecule has 5 heteroatoms. The number of rotatable bonds is 7. The average molecular weight is 293 g/mol. The maximum Gasteiger partial charge on any atom is 0.326 e. The fourth-order valence-corrected chi connectivity index (χ4v) is 1.93. The minimum absolute atomic E-state index is 0.0108. The van der Waals surface area contributed by atoms with Gasteiger partial charge in [-0.3, -0.25) is 4.79 Å². The Balaban J connectivity index is 2.77. The van der Waals surface area contributed by atoms with Crippen LogP contribution in [0.5, 0.6) is 5.75 Å². The van der Waals surface area contributed by atoms with Gasteiger partial charge in [-0.15, -0.1) is 0 Å². The van der Waals surface area contributed by atoms with E-state index in [1.54, 1.807) is 19.9 Å². The summed E-state index contributed by atoms with van der Waals surface area (Å²) in [6, 6.07) is 6.40. The molecule has 0 aliphatic heterocycles. The predicted molar refractivity (Wildman–Crippen MR) is 80.3 cm³/mol. The molecule has 0 saturated carbocycles. The molecule has 1 aromatic carbocycles. The zero-order valence-corrected chi connectivity index (χ0v) is 12.9. The molecule has 0 aliphatic carbocycles. The Morgan fingerprint density at radius 1 is 1.19 bits per heavy atom. The second kappa shape index (κ2) is 7.67. The zero-order chi connectivity index (χ0) is 16.0. The van der Waals surface area contributed by atoms with Crippen LogP contribution in [0, 0.1) is 5.92 Å². The third-order valence-electron chi connectivity index (χ3n) is 2.94. The highest BCUT2D eigenvalue weighted by atomic mass is 16.5. The summed E-state index contributed by atoms with van der Waals surface area (Å²) in [5.41, 5.74) is 0.747. The van der Waals surface area contributed by atoms with E-state index >= 15 is 0 Å². The lowest BCUT2D eigenvalue weighted by molar-refractivity contribution is -0.143. The number of carboxylic acids is 1. The molecule has 1 rings (SSSR count). The van der Waals surface area contributed by atoms with Gasteiger partial charge >= 0.3 is 5.97 Å². The molecule has 0 aliphatic rings. The summed E-state index contributed by atoms with van der Waals surface area (Å²) in [5.74, 6) is -0.867. The molecular weight excluding hydrogens is 270 g/mol. The molecule has 0 bridgehead atoms. The van der Waals surface area contributed by atoms with Crippen molar-refractivity contribution in [1.82, 2.24) is 5.32 Å². The number of carbonyl (C=O) groups excluding carboxylic acids is 1. The Hall–Kier alpha value is -2.04. The van der Waals surface area contributed by atoms with Crippen LogP contribution in [0.15, 0.2) is 24.3 Å². The minimum atomic E-state index is -1.02. The van der Waals surface area contributed by atoms with Crippen LogP contribution < -0.4 is 10.1 Å². The van der Waals surface area contributed by atoms with E-state index in [-0.39, 0.29) is 24.3 Å². The van der Waals surface area contributed by atoms with Crippen LogP contribution in [0.3, 0.4) is 0 Å². The Bertz CT molecular complexity index is 497. The van der Waals surface area contributed by atoms with Crippen molar-refractivity contribution in [2.45, 2.75) is 46.3 Å². The van der Waals surface area contributed by atoms with Crippen molar-refractivity contribution in [3.63, 3.8) is 0 Å². The van der Waals surface area contributed by atoms with Crippen LogP contribution in [-0.4, -0.2) is 29.1 Å². The minimum Gasteiger partial charge on any atom is -0.491 e. The molecule has 2 N–H and O–H groups in total. The van der Waals surface area contributed by atoms with Crippen molar-refractivity contribution in [2.75, 3.05) is 0 Å². The third kappa shape index (κ3) is 5.45. The number of hydrogen-bond donors (Lipinski definition) is 2. The van der Waals surface area contributed by atoms with E-state index < -0.39 is 12.0 Å². The van der Waals surface area contributed by atoms with Gasteiger partial charge in [0.1, 0.15) is 11.8 Å². The normalized spacial score (nSPS) is 12.3. The fraction of sp³-hybridized carbons (Fsp3) is 0.500. The van der Waals surface area contributed by atoms with Gasteiger partial charge in [-0.25, -0.2) is 4.79 Å². The molecule has 1 amide bonds. The zero-order valence-electron chi connectivity index (χ0n) is 12.9.